The standard InChI is InChI=1S/C16H22N2O5S/c19-16(17-12-14-4-2-8-23-14)13-3-1-5-15(11-13)24(20,21)18-6-9-22-10-7-18/h1,3,5,11,14H,2,4,6-10,12H2,(H,17,19)/t14-/m1/s1. The Labute approximate surface area is 142 Å². The molecule has 0 bridgehead atoms. The molecule has 2 heterocycles. The molecule has 2 aliphatic heterocycles. The van der Waals surface area contributed by atoms with Crippen LogP contribution in [0.3, 0.4) is 0 Å². The van der Waals surface area contributed by atoms with Crippen LogP contribution in [-0.2, 0) is 19.5 Å². The maximum Gasteiger partial charge on any atom is 0.251 e. The Morgan fingerprint density at radius 2 is 2.04 bits per heavy atom. The highest BCUT2D eigenvalue weighted by Gasteiger charge is 2.27. The summed E-state index contributed by atoms with van der Waals surface area (Å²) in [5.41, 5.74) is 0.335. The van der Waals surface area contributed by atoms with Crippen molar-refractivity contribution in [2.24, 2.45) is 0 Å². The number of hydrogen-bond acceptors (Lipinski definition) is 5. The second kappa shape index (κ2) is 7.60. The summed E-state index contributed by atoms with van der Waals surface area (Å²) in [4.78, 5) is 12.4. The maximum absolute atomic E-state index is 12.6. The third-order valence-electron chi connectivity index (χ3n) is 4.22. The first-order valence-electron chi connectivity index (χ1n) is 8.15. The minimum absolute atomic E-state index is 0.0502. The number of nitrogens with zero attached hydrogens (tertiary/aromatic N) is 1. The highest BCUT2D eigenvalue weighted by Crippen LogP contribution is 2.18. The van der Waals surface area contributed by atoms with Crippen molar-refractivity contribution in [1.82, 2.24) is 9.62 Å². The third-order valence-corrected chi connectivity index (χ3v) is 6.11. The van der Waals surface area contributed by atoms with Gasteiger partial charge in [-0.25, -0.2) is 8.42 Å². The molecule has 8 heteroatoms. The van der Waals surface area contributed by atoms with E-state index in [-0.39, 0.29) is 16.9 Å². The summed E-state index contributed by atoms with van der Waals surface area (Å²) >= 11 is 0. The first kappa shape index (κ1) is 17.3. The van der Waals surface area contributed by atoms with Gasteiger partial charge in [-0.15, -0.1) is 0 Å². The molecule has 24 heavy (non-hydrogen) atoms. The predicted octanol–water partition coefficient (Wildman–Crippen LogP) is 0.616. The van der Waals surface area contributed by atoms with E-state index in [0.29, 0.717) is 38.4 Å². The molecule has 2 saturated heterocycles. The van der Waals surface area contributed by atoms with Crippen LogP contribution in [0.2, 0.25) is 0 Å². The minimum atomic E-state index is -3.60. The molecule has 1 amide bonds. The number of amides is 1. The Morgan fingerprint density at radius 1 is 1.25 bits per heavy atom. The molecule has 1 atom stereocenters. The summed E-state index contributed by atoms with van der Waals surface area (Å²) in [6.07, 6.45) is 1.99. The van der Waals surface area contributed by atoms with Crippen LogP contribution in [0, 0.1) is 0 Å². The molecule has 1 N–H and O–H groups in total. The first-order chi connectivity index (χ1) is 11.6. The van der Waals surface area contributed by atoms with Crippen molar-refractivity contribution in [3.05, 3.63) is 29.8 Å². The topological polar surface area (TPSA) is 84.9 Å². The highest BCUT2D eigenvalue weighted by molar-refractivity contribution is 7.89. The largest absolute Gasteiger partial charge is 0.379 e. The van der Waals surface area contributed by atoms with Gasteiger partial charge in [-0.3, -0.25) is 4.79 Å². The molecule has 2 aliphatic rings. The van der Waals surface area contributed by atoms with Gasteiger partial charge in [0.2, 0.25) is 10.0 Å². The number of rotatable bonds is 5. The van der Waals surface area contributed by atoms with E-state index in [4.69, 9.17) is 9.47 Å². The molecule has 0 saturated carbocycles. The first-order valence-corrected chi connectivity index (χ1v) is 9.59. The summed E-state index contributed by atoms with van der Waals surface area (Å²) in [6.45, 7) is 2.62. The second-order valence-electron chi connectivity index (χ2n) is 5.89. The highest BCUT2D eigenvalue weighted by atomic mass is 32.2. The Kier molecular flexibility index (Phi) is 5.50. The van der Waals surface area contributed by atoms with Crippen molar-refractivity contribution in [3.8, 4) is 0 Å². The van der Waals surface area contributed by atoms with Crippen molar-refractivity contribution in [3.63, 3.8) is 0 Å². The smallest absolute Gasteiger partial charge is 0.251 e. The third kappa shape index (κ3) is 3.94. The van der Waals surface area contributed by atoms with Crippen LogP contribution < -0.4 is 5.32 Å². The monoisotopic (exact) mass is 354 g/mol. The number of carbonyl (C=O) groups excluding carboxylic acids is 1. The van der Waals surface area contributed by atoms with Crippen molar-refractivity contribution in [2.45, 2.75) is 23.8 Å². The Balaban J connectivity index is 1.69. The van der Waals surface area contributed by atoms with E-state index >= 15 is 0 Å². The van der Waals surface area contributed by atoms with Gasteiger partial charge in [0.05, 0.1) is 24.2 Å². The molecule has 0 aliphatic carbocycles. The Bertz CT molecular complexity index is 679. The van der Waals surface area contributed by atoms with E-state index in [0.717, 1.165) is 19.4 Å². The lowest BCUT2D eigenvalue weighted by atomic mass is 10.2. The van der Waals surface area contributed by atoms with E-state index in [1.54, 1.807) is 12.1 Å². The van der Waals surface area contributed by atoms with Gasteiger partial charge in [0.15, 0.2) is 0 Å². The van der Waals surface area contributed by atoms with Crippen LogP contribution in [-0.4, -0.2) is 64.2 Å². The van der Waals surface area contributed by atoms with Gasteiger partial charge in [0.25, 0.3) is 5.91 Å². The number of sulfonamides is 1. The number of morpholine rings is 1. The zero-order valence-corrected chi connectivity index (χ0v) is 14.3. The van der Waals surface area contributed by atoms with E-state index in [1.807, 2.05) is 0 Å². The molecule has 0 aromatic heterocycles. The van der Waals surface area contributed by atoms with Crippen molar-refractivity contribution in [1.29, 1.82) is 0 Å². The summed E-state index contributed by atoms with van der Waals surface area (Å²) in [5, 5.41) is 2.81. The summed E-state index contributed by atoms with van der Waals surface area (Å²) < 4.78 is 37.3. The molecule has 3 rings (SSSR count). The van der Waals surface area contributed by atoms with Gasteiger partial charge in [-0.05, 0) is 31.0 Å². The van der Waals surface area contributed by atoms with Crippen LogP contribution in [0.4, 0.5) is 0 Å². The van der Waals surface area contributed by atoms with Crippen molar-refractivity contribution >= 4 is 15.9 Å². The zero-order valence-electron chi connectivity index (χ0n) is 13.4. The van der Waals surface area contributed by atoms with Crippen LogP contribution in [0.25, 0.3) is 0 Å². The molecule has 0 spiro atoms. The lowest BCUT2D eigenvalue weighted by Crippen LogP contribution is -2.40. The molecule has 132 valence electrons. The van der Waals surface area contributed by atoms with Gasteiger partial charge in [-0.1, -0.05) is 6.07 Å². The van der Waals surface area contributed by atoms with Gasteiger partial charge in [0.1, 0.15) is 0 Å². The van der Waals surface area contributed by atoms with E-state index in [9.17, 15) is 13.2 Å². The average Bonchev–Trinajstić information content (AvgIpc) is 3.14. The van der Waals surface area contributed by atoms with Crippen molar-refractivity contribution < 1.29 is 22.7 Å². The fourth-order valence-corrected chi connectivity index (χ4v) is 4.30. The molecule has 7 nitrogen and oxygen atoms in total. The Hall–Kier alpha value is -1.48. The van der Waals surface area contributed by atoms with E-state index in [2.05, 4.69) is 5.32 Å². The fraction of sp³-hybridized carbons (Fsp3) is 0.562. The average molecular weight is 354 g/mol. The molecule has 0 radical (unpaired) electrons. The molecule has 1 aromatic carbocycles. The van der Waals surface area contributed by atoms with Crippen molar-refractivity contribution in [2.75, 3.05) is 39.5 Å². The summed E-state index contributed by atoms with van der Waals surface area (Å²) in [5.74, 6) is -0.287. The number of carbonyl (C=O) groups is 1. The van der Waals surface area contributed by atoms with E-state index in [1.165, 1.54) is 16.4 Å². The van der Waals surface area contributed by atoms with Gasteiger partial charge in [-0.2, -0.15) is 4.31 Å². The zero-order chi connectivity index (χ0) is 17.0. The lowest BCUT2D eigenvalue weighted by molar-refractivity contribution is 0.0730. The molecule has 0 unspecified atom stereocenters. The molecular weight excluding hydrogens is 332 g/mol. The normalized spacial score (nSPS) is 22.4. The molecule has 2 fully saturated rings. The predicted molar refractivity (Wildman–Crippen MR) is 87.3 cm³/mol. The number of nitrogens with one attached hydrogen (secondary N) is 1. The number of hydrogen-bond donors (Lipinski definition) is 1. The van der Waals surface area contributed by atoms with Gasteiger partial charge in [0, 0.05) is 31.8 Å². The summed E-state index contributed by atoms with van der Waals surface area (Å²) in [6, 6.07) is 6.15. The van der Waals surface area contributed by atoms with Crippen LogP contribution >= 0.6 is 0 Å². The quantitative estimate of drug-likeness (QED) is 0.838. The SMILES string of the molecule is O=C(NC[C@H]1CCCO1)c1cccc(S(=O)(=O)N2CCOCC2)c1. The summed E-state index contributed by atoms with van der Waals surface area (Å²) in [7, 11) is -3.60. The van der Waals surface area contributed by atoms with Gasteiger partial charge < -0.3 is 14.8 Å². The lowest BCUT2D eigenvalue weighted by Gasteiger charge is -2.26. The fourth-order valence-electron chi connectivity index (χ4n) is 2.85. The van der Waals surface area contributed by atoms with Crippen LogP contribution in [0.5, 0.6) is 0 Å². The maximum atomic E-state index is 12.6. The molecule has 1 aromatic rings. The second-order valence-corrected chi connectivity index (χ2v) is 7.83. The number of benzene rings is 1. The minimum Gasteiger partial charge on any atom is -0.379 e. The Morgan fingerprint density at radius 3 is 2.75 bits per heavy atom. The van der Waals surface area contributed by atoms with Crippen LogP contribution in [0.1, 0.15) is 23.2 Å². The van der Waals surface area contributed by atoms with Crippen LogP contribution in [0.15, 0.2) is 29.2 Å². The number of ether oxygens (including phenoxy) is 2. The van der Waals surface area contributed by atoms with Gasteiger partial charge >= 0.3 is 0 Å². The van der Waals surface area contributed by atoms with E-state index < -0.39 is 10.0 Å². The molecular formula is C16H22N2O5S.